The normalized spacial score (nSPS) is 13.6. The van der Waals surface area contributed by atoms with Gasteiger partial charge in [-0.05, 0) is 53.6 Å². The van der Waals surface area contributed by atoms with Crippen LogP contribution in [-0.4, -0.2) is 24.9 Å². The molecule has 0 bridgehead atoms. The molecule has 0 fully saturated rings. The van der Waals surface area contributed by atoms with Gasteiger partial charge in [-0.25, -0.2) is 0 Å². The second-order valence-corrected chi connectivity index (χ2v) is 9.16. The van der Waals surface area contributed by atoms with Crippen LogP contribution in [0, 0.1) is 0 Å². The second-order valence-electron chi connectivity index (χ2n) is 9.16. The van der Waals surface area contributed by atoms with E-state index in [1.807, 2.05) is 91.0 Å². The minimum Gasteiger partial charge on any atom is -0.497 e. The van der Waals surface area contributed by atoms with Crippen molar-refractivity contribution >= 4 is 0 Å². The molecule has 37 heavy (non-hydrogen) atoms. The molecule has 4 heteroatoms. The van der Waals surface area contributed by atoms with Gasteiger partial charge >= 0.3 is 0 Å². The molecule has 0 radical (unpaired) electrons. The second kappa shape index (κ2) is 14.3. The van der Waals surface area contributed by atoms with Crippen LogP contribution in [0.15, 0.2) is 115 Å². The van der Waals surface area contributed by atoms with Gasteiger partial charge in [-0.3, -0.25) is 0 Å². The van der Waals surface area contributed by atoms with Crippen LogP contribution in [0.25, 0.3) is 0 Å². The number of methoxy groups -OCH3 is 1. The minimum atomic E-state index is -0.775. The van der Waals surface area contributed by atoms with Gasteiger partial charge in [0.25, 0.3) is 0 Å². The summed E-state index contributed by atoms with van der Waals surface area (Å²) in [6, 6.07) is 38.1. The van der Waals surface area contributed by atoms with Gasteiger partial charge in [0.2, 0.25) is 0 Å². The maximum absolute atomic E-state index is 11.4. The maximum Gasteiger partial charge on any atom is 0.118 e. The fourth-order valence-electron chi connectivity index (χ4n) is 4.39. The highest BCUT2D eigenvalue weighted by molar-refractivity contribution is 5.27. The zero-order valence-corrected chi connectivity index (χ0v) is 21.4. The van der Waals surface area contributed by atoms with Crippen LogP contribution < -0.4 is 4.74 Å². The zero-order valence-electron chi connectivity index (χ0n) is 21.4. The predicted octanol–water partition coefficient (Wildman–Crippen LogP) is 7.09. The lowest BCUT2D eigenvalue weighted by atomic mass is 9.97. The van der Waals surface area contributed by atoms with Gasteiger partial charge in [-0.15, -0.1) is 0 Å². The molecule has 0 saturated carbocycles. The largest absolute Gasteiger partial charge is 0.497 e. The number of aryl methyl sites for hydroxylation is 1. The minimum absolute atomic E-state index is 0.0837. The van der Waals surface area contributed by atoms with Crippen molar-refractivity contribution < 1.29 is 19.3 Å². The molecule has 0 heterocycles. The molecular weight excluding hydrogens is 460 g/mol. The number of aliphatic hydroxyl groups is 1. The fourth-order valence-corrected chi connectivity index (χ4v) is 4.39. The molecule has 1 N–H and O–H groups in total. The summed E-state index contributed by atoms with van der Waals surface area (Å²) in [5.41, 5.74) is 4.18. The van der Waals surface area contributed by atoms with Crippen LogP contribution in [0.4, 0.5) is 0 Å². The average molecular weight is 497 g/mol. The van der Waals surface area contributed by atoms with Crippen molar-refractivity contribution in [2.75, 3.05) is 13.7 Å². The van der Waals surface area contributed by atoms with Gasteiger partial charge in [0.15, 0.2) is 0 Å². The topological polar surface area (TPSA) is 47.9 Å². The predicted molar refractivity (Wildman–Crippen MR) is 147 cm³/mol. The third-order valence-corrected chi connectivity index (χ3v) is 6.50. The van der Waals surface area contributed by atoms with Crippen LogP contribution in [0.3, 0.4) is 0 Å². The van der Waals surface area contributed by atoms with Gasteiger partial charge in [-0.2, -0.15) is 0 Å². The van der Waals surface area contributed by atoms with Crippen molar-refractivity contribution in [2.24, 2.45) is 0 Å². The summed E-state index contributed by atoms with van der Waals surface area (Å²) in [4.78, 5) is 0. The van der Waals surface area contributed by atoms with Gasteiger partial charge in [0, 0.05) is 6.61 Å². The highest BCUT2D eigenvalue weighted by Crippen LogP contribution is 2.34. The number of rotatable bonds is 14. The molecule has 3 atom stereocenters. The van der Waals surface area contributed by atoms with Gasteiger partial charge in [-0.1, -0.05) is 103 Å². The van der Waals surface area contributed by atoms with Crippen LogP contribution in [0.1, 0.15) is 47.3 Å². The van der Waals surface area contributed by atoms with E-state index in [-0.39, 0.29) is 6.10 Å². The van der Waals surface area contributed by atoms with E-state index >= 15 is 0 Å². The monoisotopic (exact) mass is 496 g/mol. The quantitative estimate of drug-likeness (QED) is 0.189. The lowest BCUT2D eigenvalue weighted by Crippen LogP contribution is -2.24. The van der Waals surface area contributed by atoms with E-state index in [0.717, 1.165) is 41.7 Å². The number of ether oxygens (including phenoxy) is 3. The number of benzene rings is 4. The van der Waals surface area contributed by atoms with Gasteiger partial charge in [0.1, 0.15) is 18.0 Å². The van der Waals surface area contributed by atoms with E-state index in [2.05, 4.69) is 24.3 Å². The standard InChI is InChI=1S/C33H36O4/c1-35-30-20-18-27(19-21-30)25-36-24-23-31(22-17-26-11-5-2-6-12-26)37-33(29-15-9-4-10-16-29)32(34)28-13-7-3-8-14-28/h2-16,18-21,31-34H,17,22-25H2,1H3/t31?,32-,33-/m1/s1. The van der Waals surface area contributed by atoms with Crippen molar-refractivity contribution in [3.05, 3.63) is 138 Å². The van der Waals surface area contributed by atoms with Crippen molar-refractivity contribution in [3.8, 4) is 5.75 Å². The summed E-state index contributed by atoms with van der Waals surface area (Å²) >= 11 is 0. The van der Waals surface area contributed by atoms with E-state index in [0.29, 0.717) is 13.2 Å². The first-order chi connectivity index (χ1) is 18.2. The van der Waals surface area contributed by atoms with Crippen molar-refractivity contribution in [1.82, 2.24) is 0 Å². The highest BCUT2D eigenvalue weighted by atomic mass is 16.5. The summed E-state index contributed by atoms with van der Waals surface area (Å²) in [5.74, 6) is 0.835. The Morgan fingerprint density at radius 1 is 0.649 bits per heavy atom. The molecule has 0 amide bonds. The molecule has 4 rings (SSSR count). The summed E-state index contributed by atoms with van der Waals surface area (Å²) in [6.07, 6.45) is 1.12. The molecule has 0 spiro atoms. The molecule has 0 saturated heterocycles. The molecule has 192 valence electrons. The van der Waals surface area contributed by atoms with Crippen molar-refractivity contribution in [2.45, 2.75) is 44.2 Å². The summed E-state index contributed by atoms with van der Waals surface area (Å²) < 4.78 is 18.0. The van der Waals surface area contributed by atoms with E-state index in [9.17, 15) is 5.11 Å². The first-order valence-corrected chi connectivity index (χ1v) is 12.9. The molecule has 0 aromatic heterocycles. The Labute approximate surface area is 220 Å². The first kappa shape index (κ1) is 26.6. The summed E-state index contributed by atoms with van der Waals surface area (Å²) in [5, 5.41) is 11.4. The summed E-state index contributed by atoms with van der Waals surface area (Å²) in [6.45, 7) is 1.10. The molecule has 4 aromatic carbocycles. The molecule has 1 unspecified atom stereocenters. The SMILES string of the molecule is COc1ccc(COCCC(CCc2ccccc2)O[C@H](c2ccccc2)[C@H](O)c2ccccc2)cc1. The van der Waals surface area contributed by atoms with Crippen LogP contribution in [0.5, 0.6) is 5.75 Å². The maximum atomic E-state index is 11.4. The average Bonchev–Trinajstić information content (AvgIpc) is 2.97. The Kier molecular flexibility index (Phi) is 10.3. The molecule has 0 aliphatic heterocycles. The lowest BCUT2D eigenvalue weighted by Gasteiger charge is -2.29. The molecule has 4 nitrogen and oxygen atoms in total. The highest BCUT2D eigenvalue weighted by Gasteiger charge is 2.27. The molecular formula is C33H36O4. The lowest BCUT2D eigenvalue weighted by molar-refractivity contribution is -0.0923. The van der Waals surface area contributed by atoms with Gasteiger partial charge < -0.3 is 19.3 Å². The van der Waals surface area contributed by atoms with E-state index in [1.54, 1.807) is 7.11 Å². The fraction of sp³-hybridized carbons (Fsp3) is 0.273. The van der Waals surface area contributed by atoms with Crippen molar-refractivity contribution in [3.63, 3.8) is 0 Å². The third kappa shape index (κ3) is 8.29. The third-order valence-electron chi connectivity index (χ3n) is 6.50. The Morgan fingerprint density at radius 3 is 1.86 bits per heavy atom. The number of hydrogen-bond acceptors (Lipinski definition) is 4. The van der Waals surface area contributed by atoms with Crippen LogP contribution in [0.2, 0.25) is 0 Å². The Balaban J connectivity index is 1.45. The Bertz CT molecular complexity index is 1150. The van der Waals surface area contributed by atoms with E-state index in [1.165, 1.54) is 5.56 Å². The van der Waals surface area contributed by atoms with Gasteiger partial charge in [0.05, 0.1) is 19.8 Å². The van der Waals surface area contributed by atoms with E-state index in [4.69, 9.17) is 14.2 Å². The van der Waals surface area contributed by atoms with Crippen LogP contribution >= 0.6 is 0 Å². The Hall–Kier alpha value is -3.44. The van der Waals surface area contributed by atoms with Crippen molar-refractivity contribution in [1.29, 1.82) is 0 Å². The zero-order chi connectivity index (χ0) is 25.7. The smallest absolute Gasteiger partial charge is 0.118 e. The Morgan fingerprint density at radius 2 is 1.24 bits per heavy atom. The first-order valence-electron chi connectivity index (χ1n) is 12.9. The number of hydrogen-bond donors (Lipinski definition) is 1. The molecule has 0 aliphatic carbocycles. The summed E-state index contributed by atoms with van der Waals surface area (Å²) in [7, 11) is 1.67. The van der Waals surface area contributed by atoms with Crippen LogP contribution in [-0.2, 0) is 22.5 Å². The van der Waals surface area contributed by atoms with E-state index < -0.39 is 12.2 Å². The number of aliphatic hydroxyl groups excluding tert-OH is 1. The molecule has 0 aliphatic rings. The molecule has 4 aromatic rings.